The van der Waals surface area contributed by atoms with Gasteiger partial charge in [-0.3, -0.25) is 4.79 Å². The Hall–Kier alpha value is -2.92. The van der Waals surface area contributed by atoms with Crippen LogP contribution in [-0.4, -0.2) is 74.8 Å². The summed E-state index contributed by atoms with van der Waals surface area (Å²) in [7, 11) is 1.42. The number of cyclic esters (lactones) is 1. The first-order chi connectivity index (χ1) is 20.7. The van der Waals surface area contributed by atoms with Crippen LogP contribution in [-0.2, 0) is 28.5 Å². The van der Waals surface area contributed by atoms with E-state index >= 15 is 0 Å². The average Bonchev–Trinajstić information content (AvgIpc) is 3.03. The number of esters is 2. The van der Waals surface area contributed by atoms with Crippen LogP contribution in [0.1, 0.15) is 96.0 Å². The molecule has 1 aromatic rings. The summed E-state index contributed by atoms with van der Waals surface area (Å²) < 4.78 is 33.4. The lowest BCUT2D eigenvalue weighted by Crippen LogP contribution is -2.45. The van der Waals surface area contributed by atoms with E-state index in [1.807, 2.05) is 6.92 Å². The topological polar surface area (TPSA) is 132 Å². The Kier molecular flexibility index (Phi) is 14.5. The van der Waals surface area contributed by atoms with Crippen LogP contribution in [0, 0.1) is 17.8 Å². The molecule has 1 amide bonds. The van der Waals surface area contributed by atoms with Gasteiger partial charge in [0.2, 0.25) is 6.79 Å². The zero-order valence-corrected chi connectivity index (χ0v) is 26.4. The van der Waals surface area contributed by atoms with Gasteiger partial charge in [-0.1, -0.05) is 52.4 Å². The molecule has 2 fully saturated rings. The molecule has 1 N–H and O–H groups in total. The highest BCUT2D eigenvalue weighted by molar-refractivity contribution is 5.98. The maximum atomic E-state index is 13.5. The lowest BCUT2D eigenvalue weighted by Gasteiger charge is -2.34. The number of methoxy groups -OCH3 is 1. The van der Waals surface area contributed by atoms with E-state index in [4.69, 9.17) is 28.4 Å². The third kappa shape index (κ3) is 10.9. The fourth-order valence-corrected chi connectivity index (χ4v) is 5.89. The van der Waals surface area contributed by atoms with Gasteiger partial charge in [-0.05, 0) is 50.9 Å². The van der Waals surface area contributed by atoms with Crippen LogP contribution in [0.15, 0.2) is 12.3 Å². The van der Waals surface area contributed by atoms with Crippen LogP contribution in [0.3, 0.4) is 0 Å². The van der Waals surface area contributed by atoms with E-state index in [0.29, 0.717) is 31.5 Å². The maximum Gasteiger partial charge on any atom is 0.334 e. The Morgan fingerprint density at radius 2 is 1.88 bits per heavy atom. The molecule has 1 saturated heterocycles. The van der Waals surface area contributed by atoms with Crippen molar-refractivity contribution in [1.29, 1.82) is 0 Å². The SMILES string of the molecule is CCOCC(=O)OCOc1c(OC)ccnc1C(=O)N[C@H]1CCC[C@H](CC2CCCCC2)[C@@H](OCC(C)C)[C@H](C)OC1=O. The average molecular weight is 607 g/mol. The van der Waals surface area contributed by atoms with E-state index in [9.17, 15) is 14.4 Å². The molecule has 1 aromatic heterocycles. The molecule has 242 valence electrons. The summed E-state index contributed by atoms with van der Waals surface area (Å²) in [6.07, 6.45) is 10.2. The van der Waals surface area contributed by atoms with Crippen molar-refractivity contribution in [2.24, 2.45) is 17.8 Å². The molecular formula is C32H50N2O9. The Morgan fingerprint density at radius 3 is 2.58 bits per heavy atom. The van der Waals surface area contributed by atoms with E-state index in [1.54, 1.807) is 6.92 Å². The molecule has 0 bridgehead atoms. The van der Waals surface area contributed by atoms with Crippen molar-refractivity contribution in [3.05, 3.63) is 18.0 Å². The Balaban J connectivity index is 1.72. The predicted molar refractivity (Wildman–Crippen MR) is 159 cm³/mol. The van der Waals surface area contributed by atoms with E-state index in [2.05, 4.69) is 24.1 Å². The number of nitrogens with zero attached hydrogens (tertiary/aromatic N) is 1. The predicted octanol–water partition coefficient (Wildman–Crippen LogP) is 4.85. The maximum absolute atomic E-state index is 13.5. The summed E-state index contributed by atoms with van der Waals surface area (Å²) in [4.78, 5) is 42.8. The van der Waals surface area contributed by atoms with E-state index in [1.165, 1.54) is 51.5 Å². The Morgan fingerprint density at radius 1 is 1.12 bits per heavy atom. The van der Waals surface area contributed by atoms with Crippen LogP contribution >= 0.6 is 0 Å². The third-order valence-electron chi connectivity index (χ3n) is 8.02. The van der Waals surface area contributed by atoms with Gasteiger partial charge < -0.3 is 33.7 Å². The van der Waals surface area contributed by atoms with Crippen molar-refractivity contribution in [2.45, 2.75) is 104 Å². The van der Waals surface area contributed by atoms with Gasteiger partial charge in [0.1, 0.15) is 18.8 Å². The quantitative estimate of drug-likeness (QED) is 0.232. The normalized spacial score (nSPS) is 23.4. The number of nitrogens with one attached hydrogen (secondary N) is 1. The summed E-state index contributed by atoms with van der Waals surface area (Å²) in [5.41, 5.74) is -0.103. The zero-order valence-electron chi connectivity index (χ0n) is 26.4. The Labute approximate surface area is 255 Å². The molecule has 0 spiro atoms. The van der Waals surface area contributed by atoms with Gasteiger partial charge in [0.15, 0.2) is 17.2 Å². The molecule has 11 nitrogen and oxygen atoms in total. The molecule has 2 aliphatic rings. The standard InChI is InChI=1S/C32H50N2O9/c1-6-39-19-27(35)41-20-42-30-26(38-5)15-16-33-28(30)31(36)34-25-14-10-13-24(17-23-11-8-7-9-12-23)29(40-18-21(2)3)22(4)43-32(25)37/h15-16,21-25,29H,6-14,17-20H2,1-5H3,(H,34,36)/t22-,24+,25-,29-/m0/s1. The second kappa shape index (κ2) is 18.0. The highest BCUT2D eigenvalue weighted by atomic mass is 16.7. The Bertz CT molecular complexity index is 1030. The fourth-order valence-electron chi connectivity index (χ4n) is 5.89. The smallest absolute Gasteiger partial charge is 0.334 e. The molecule has 3 rings (SSSR count). The number of aromatic nitrogens is 1. The first-order valence-corrected chi connectivity index (χ1v) is 15.8. The molecule has 2 heterocycles. The van der Waals surface area contributed by atoms with E-state index in [-0.39, 0.29) is 35.8 Å². The minimum Gasteiger partial charge on any atom is -0.493 e. The molecule has 0 aromatic carbocycles. The van der Waals surface area contributed by atoms with Gasteiger partial charge >= 0.3 is 11.9 Å². The van der Waals surface area contributed by atoms with Gasteiger partial charge in [0, 0.05) is 25.5 Å². The van der Waals surface area contributed by atoms with Gasteiger partial charge in [0.05, 0.1) is 13.2 Å². The number of amides is 1. The molecule has 1 aliphatic carbocycles. The lowest BCUT2D eigenvalue weighted by molar-refractivity contribution is -0.162. The summed E-state index contributed by atoms with van der Waals surface area (Å²) >= 11 is 0. The number of hydrogen-bond acceptors (Lipinski definition) is 10. The van der Waals surface area contributed by atoms with Gasteiger partial charge in [-0.25, -0.2) is 14.6 Å². The number of pyridine rings is 1. The highest BCUT2D eigenvalue weighted by Crippen LogP contribution is 2.35. The summed E-state index contributed by atoms with van der Waals surface area (Å²) in [6.45, 7) is 8.15. The zero-order chi connectivity index (χ0) is 31.2. The first-order valence-electron chi connectivity index (χ1n) is 15.8. The number of carbonyl (C=O) groups excluding carboxylic acids is 3. The molecule has 0 unspecified atom stereocenters. The van der Waals surface area contributed by atoms with E-state index in [0.717, 1.165) is 19.3 Å². The van der Waals surface area contributed by atoms with Crippen molar-refractivity contribution in [3.63, 3.8) is 0 Å². The van der Waals surface area contributed by atoms with Crippen molar-refractivity contribution in [2.75, 3.05) is 33.7 Å². The largest absolute Gasteiger partial charge is 0.493 e. The highest BCUT2D eigenvalue weighted by Gasteiger charge is 2.36. The molecule has 4 atom stereocenters. The number of rotatable bonds is 14. The molecule has 0 radical (unpaired) electrons. The lowest BCUT2D eigenvalue weighted by atomic mass is 9.78. The second-order valence-electron chi connectivity index (χ2n) is 11.9. The number of carbonyl (C=O) groups is 3. The van der Waals surface area contributed by atoms with Crippen LogP contribution in [0.25, 0.3) is 0 Å². The van der Waals surface area contributed by atoms with Gasteiger partial charge in [0.25, 0.3) is 5.91 Å². The minimum atomic E-state index is -0.876. The van der Waals surface area contributed by atoms with Crippen LogP contribution in [0.2, 0.25) is 0 Å². The first kappa shape index (κ1) is 34.6. The molecule has 1 saturated carbocycles. The van der Waals surface area contributed by atoms with E-state index < -0.39 is 36.8 Å². The summed E-state index contributed by atoms with van der Waals surface area (Å²) in [5.74, 6) is -0.243. The number of hydrogen-bond donors (Lipinski definition) is 1. The van der Waals surface area contributed by atoms with Crippen molar-refractivity contribution in [3.8, 4) is 11.5 Å². The fraction of sp³-hybridized carbons (Fsp3) is 0.750. The van der Waals surface area contributed by atoms with Gasteiger partial charge in [-0.15, -0.1) is 0 Å². The van der Waals surface area contributed by atoms with Gasteiger partial charge in [-0.2, -0.15) is 0 Å². The molecule has 11 heteroatoms. The summed E-state index contributed by atoms with van der Waals surface area (Å²) in [6, 6.07) is 0.646. The molecular weight excluding hydrogens is 556 g/mol. The van der Waals surface area contributed by atoms with Crippen molar-refractivity contribution >= 4 is 17.8 Å². The molecule has 43 heavy (non-hydrogen) atoms. The number of ether oxygens (including phenoxy) is 6. The minimum absolute atomic E-state index is 0.00814. The van der Waals surface area contributed by atoms with Crippen LogP contribution < -0.4 is 14.8 Å². The van der Waals surface area contributed by atoms with Crippen molar-refractivity contribution in [1.82, 2.24) is 10.3 Å². The van der Waals surface area contributed by atoms with Crippen LogP contribution in [0.4, 0.5) is 0 Å². The monoisotopic (exact) mass is 606 g/mol. The second-order valence-corrected chi connectivity index (χ2v) is 11.9. The molecule has 1 aliphatic heterocycles. The summed E-state index contributed by atoms with van der Waals surface area (Å²) in [5, 5.41) is 2.80. The van der Waals surface area contributed by atoms with Crippen LogP contribution in [0.5, 0.6) is 11.5 Å². The van der Waals surface area contributed by atoms with Crippen molar-refractivity contribution < 1.29 is 42.8 Å². The third-order valence-corrected chi connectivity index (χ3v) is 8.02.